The first-order valence-electron chi connectivity index (χ1n) is 6.41. The molecule has 4 N–H and O–H groups in total. The van der Waals surface area contributed by atoms with E-state index in [0.717, 1.165) is 0 Å². The lowest BCUT2D eigenvalue weighted by atomic mass is 9.92. The van der Waals surface area contributed by atoms with Crippen LogP contribution in [-0.2, 0) is 9.59 Å². The Kier molecular flexibility index (Phi) is 5.53. The third-order valence-corrected chi connectivity index (χ3v) is 3.27. The van der Waals surface area contributed by atoms with Crippen molar-refractivity contribution in [3.05, 3.63) is 23.2 Å². The van der Waals surface area contributed by atoms with Gasteiger partial charge in [-0.15, -0.1) is 0 Å². The van der Waals surface area contributed by atoms with Crippen LogP contribution in [0.2, 0.25) is 5.02 Å². The van der Waals surface area contributed by atoms with E-state index in [0.29, 0.717) is 22.8 Å². The van der Waals surface area contributed by atoms with Crippen molar-refractivity contribution in [3.63, 3.8) is 0 Å². The summed E-state index contributed by atoms with van der Waals surface area (Å²) in [6, 6.07) is 4.93. The third kappa shape index (κ3) is 4.21. The fourth-order valence-corrected chi connectivity index (χ4v) is 1.50. The van der Waals surface area contributed by atoms with Crippen molar-refractivity contribution in [2.45, 2.75) is 27.2 Å². The van der Waals surface area contributed by atoms with Gasteiger partial charge in [0.1, 0.15) is 0 Å². The Bertz CT molecular complexity index is 515. The molecule has 1 rings (SSSR count). The van der Waals surface area contributed by atoms with Crippen LogP contribution < -0.4 is 16.4 Å². The van der Waals surface area contributed by atoms with Gasteiger partial charge < -0.3 is 16.4 Å². The first-order valence-corrected chi connectivity index (χ1v) is 6.79. The molecule has 110 valence electrons. The molecule has 0 bridgehead atoms. The van der Waals surface area contributed by atoms with Crippen molar-refractivity contribution >= 4 is 34.8 Å². The number of nitrogens with two attached hydrogens (primary N) is 1. The first-order chi connectivity index (χ1) is 9.30. The Balaban J connectivity index is 2.92. The fourth-order valence-electron chi connectivity index (χ4n) is 1.33. The number of nitrogens with one attached hydrogen (secondary N) is 2. The zero-order chi connectivity index (χ0) is 15.3. The lowest BCUT2D eigenvalue weighted by Gasteiger charge is -2.22. The number of benzene rings is 1. The van der Waals surface area contributed by atoms with E-state index in [-0.39, 0.29) is 18.4 Å². The number of hydrogen-bond donors (Lipinski definition) is 3. The molecule has 0 fully saturated rings. The van der Waals surface area contributed by atoms with Gasteiger partial charge in [-0.25, -0.2) is 0 Å². The molecule has 1 aromatic rings. The topological polar surface area (TPSA) is 84.2 Å². The first kappa shape index (κ1) is 16.5. The van der Waals surface area contributed by atoms with Crippen molar-refractivity contribution in [3.8, 4) is 0 Å². The Morgan fingerprint density at radius 2 is 1.95 bits per heavy atom. The summed E-state index contributed by atoms with van der Waals surface area (Å²) >= 11 is 6.05. The van der Waals surface area contributed by atoms with Crippen molar-refractivity contribution in [1.29, 1.82) is 0 Å². The van der Waals surface area contributed by atoms with E-state index in [1.165, 1.54) is 0 Å². The summed E-state index contributed by atoms with van der Waals surface area (Å²) in [5.41, 5.74) is 5.91. The molecule has 0 spiro atoms. The van der Waals surface area contributed by atoms with Crippen molar-refractivity contribution in [2.24, 2.45) is 11.1 Å². The van der Waals surface area contributed by atoms with Gasteiger partial charge >= 0.3 is 0 Å². The highest BCUT2D eigenvalue weighted by Crippen LogP contribution is 2.27. The summed E-state index contributed by atoms with van der Waals surface area (Å²) in [5.74, 6) is -0.326. The molecule has 20 heavy (non-hydrogen) atoms. The predicted octanol–water partition coefficient (Wildman–Crippen LogP) is 2.61. The van der Waals surface area contributed by atoms with E-state index in [1.54, 1.807) is 39.0 Å². The van der Waals surface area contributed by atoms with Gasteiger partial charge in [-0.2, -0.15) is 0 Å². The number of amides is 2. The Morgan fingerprint density at radius 3 is 2.50 bits per heavy atom. The molecular formula is C14H20ClN3O2. The minimum atomic E-state index is -0.688. The maximum absolute atomic E-state index is 12.1. The average molecular weight is 298 g/mol. The molecule has 0 heterocycles. The minimum absolute atomic E-state index is 0.105. The minimum Gasteiger partial charge on any atom is -0.329 e. The fraction of sp³-hybridized carbons (Fsp3) is 0.429. The molecule has 0 aliphatic carbocycles. The van der Waals surface area contributed by atoms with Gasteiger partial charge in [0, 0.05) is 18.7 Å². The van der Waals surface area contributed by atoms with Gasteiger partial charge in [-0.05, 0) is 32.0 Å². The van der Waals surface area contributed by atoms with Gasteiger partial charge in [0.2, 0.25) is 11.8 Å². The van der Waals surface area contributed by atoms with Crippen LogP contribution in [0.15, 0.2) is 18.2 Å². The van der Waals surface area contributed by atoms with Crippen LogP contribution in [-0.4, -0.2) is 18.4 Å². The van der Waals surface area contributed by atoms with Crippen LogP contribution in [0.1, 0.15) is 27.2 Å². The normalized spacial score (nSPS) is 11.1. The van der Waals surface area contributed by atoms with E-state index in [2.05, 4.69) is 10.6 Å². The monoisotopic (exact) mass is 297 g/mol. The molecule has 0 saturated carbocycles. The highest BCUT2D eigenvalue weighted by molar-refractivity contribution is 6.34. The summed E-state index contributed by atoms with van der Waals surface area (Å²) in [5, 5.41) is 5.85. The summed E-state index contributed by atoms with van der Waals surface area (Å²) in [6.45, 7) is 5.48. The van der Waals surface area contributed by atoms with Gasteiger partial charge in [-0.3, -0.25) is 9.59 Å². The van der Waals surface area contributed by atoms with E-state index in [9.17, 15) is 9.59 Å². The Morgan fingerprint density at radius 1 is 1.30 bits per heavy atom. The molecule has 0 atom stereocenters. The number of anilines is 2. The highest BCUT2D eigenvalue weighted by Gasteiger charge is 2.26. The number of carbonyl (C=O) groups excluding carboxylic acids is 2. The zero-order valence-electron chi connectivity index (χ0n) is 11.9. The predicted molar refractivity (Wildman–Crippen MR) is 81.8 cm³/mol. The average Bonchev–Trinajstić information content (AvgIpc) is 2.42. The lowest BCUT2D eigenvalue weighted by molar-refractivity contribution is -0.123. The quantitative estimate of drug-likeness (QED) is 0.781. The van der Waals surface area contributed by atoms with Crippen molar-refractivity contribution < 1.29 is 9.59 Å². The van der Waals surface area contributed by atoms with Crippen LogP contribution in [0, 0.1) is 5.41 Å². The summed E-state index contributed by atoms with van der Waals surface area (Å²) < 4.78 is 0. The van der Waals surface area contributed by atoms with Crippen molar-refractivity contribution in [1.82, 2.24) is 0 Å². The largest absolute Gasteiger partial charge is 0.329 e. The smallest absolute Gasteiger partial charge is 0.231 e. The van der Waals surface area contributed by atoms with E-state index in [1.807, 2.05) is 0 Å². The number of hydrogen-bond acceptors (Lipinski definition) is 3. The molecule has 0 aliphatic heterocycles. The molecule has 2 amide bonds. The highest BCUT2D eigenvalue weighted by atomic mass is 35.5. The molecule has 6 heteroatoms. The molecule has 0 radical (unpaired) electrons. The summed E-state index contributed by atoms with van der Waals surface area (Å²) in [6.07, 6.45) is 0.379. The number of rotatable bonds is 5. The van der Waals surface area contributed by atoms with Gasteiger partial charge in [0.25, 0.3) is 0 Å². The van der Waals surface area contributed by atoms with Crippen LogP contribution in [0.5, 0.6) is 0 Å². The molecule has 1 aromatic carbocycles. The Hall–Kier alpha value is -1.59. The summed E-state index contributed by atoms with van der Waals surface area (Å²) in [4.78, 5) is 23.4. The van der Waals surface area contributed by atoms with Gasteiger partial charge in [0.05, 0.1) is 16.1 Å². The molecule has 0 aliphatic rings. The Labute approximate surface area is 123 Å². The van der Waals surface area contributed by atoms with Crippen LogP contribution in [0.25, 0.3) is 0 Å². The van der Waals surface area contributed by atoms with Gasteiger partial charge in [-0.1, -0.05) is 18.5 Å². The van der Waals surface area contributed by atoms with Crippen LogP contribution in [0.4, 0.5) is 11.4 Å². The van der Waals surface area contributed by atoms with Crippen molar-refractivity contribution in [2.75, 3.05) is 17.2 Å². The van der Waals surface area contributed by atoms with Crippen LogP contribution >= 0.6 is 11.6 Å². The van der Waals surface area contributed by atoms with E-state index in [4.69, 9.17) is 17.3 Å². The van der Waals surface area contributed by atoms with E-state index < -0.39 is 5.41 Å². The SMILES string of the molecule is CCC(=O)Nc1ccc(Cl)c(NC(=O)C(C)(C)CN)c1. The molecule has 0 saturated heterocycles. The standard InChI is InChI=1S/C14H20ClN3O2/c1-4-12(19)17-9-5-6-10(15)11(7-9)18-13(20)14(2,3)8-16/h5-7H,4,8,16H2,1-3H3,(H,17,19)(H,18,20). The second-order valence-corrected chi connectivity index (χ2v) is 5.55. The maximum Gasteiger partial charge on any atom is 0.231 e. The molecular weight excluding hydrogens is 278 g/mol. The second kappa shape index (κ2) is 6.72. The number of halogens is 1. The van der Waals surface area contributed by atoms with Gasteiger partial charge in [0.15, 0.2) is 0 Å². The second-order valence-electron chi connectivity index (χ2n) is 5.14. The third-order valence-electron chi connectivity index (χ3n) is 2.94. The number of carbonyl (C=O) groups is 2. The van der Waals surface area contributed by atoms with E-state index >= 15 is 0 Å². The summed E-state index contributed by atoms with van der Waals surface area (Å²) in [7, 11) is 0. The lowest BCUT2D eigenvalue weighted by Crippen LogP contribution is -2.37. The molecule has 5 nitrogen and oxygen atoms in total. The zero-order valence-corrected chi connectivity index (χ0v) is 12.7. The molecule has 0 aromatic heterocycles. The molecule has 0 unspecified atom stereocenters. The van der Waals surface area contributed by atoms with Crippen LogP contribution in [0.3, 0.4) is 0 Å². The maximum atomic E-state index is 12.1.